The molecule has 0 fully saturated rings. The average molecular weight is 216 g/mol. The summed E-state index contributed by atoms with van der Waals surface area (Å²) in [6, 6.07) is 0. The number of hydrogen-bond acceptors (Lipinski definition) is 3. The van der Waals surface area contributed by atoms with E-state index in [1.165, 1.54) is 0 Å². The molecule has 0 saturated carbocycles. The van der Waals surface area contributed by atoms with E-state index in [1.54, 1.807) is 0 Å². The predicted molar refractivity (Wildman–Crippen MR) is 66.2 cm³/mol. The Morgan fingerprint density at radius 1 is 1.27 bits per heavy atom. The van der Waals surface area contributed by atoms with Crippen LogP contribution in [0.4, 0.5) is 0 Å². The number of hydrogen-bond donors (Lipinski definition) is 2. The Hall–Kier alpha value is -0.120. The first-order valence-corrected chi connectivity index (χ1v) is 6.11. The van der Waals surface area contributed by atoms with Crippen molar-refractivity contribution >= 4 is 0 Å². The average Bonchev–Trinajstić information content (AvgIpc) is 2.23. The van der Waals surface area contributed by atoms with Gasteiger partial charge in [-0.1, -0.05) is 13.8 Å². The minimum atomic E-state index is -0.0496. The third kappa shape index (κ3) is 6.13. The Balaban J connectivity index is 3.99. The molecule has 0 heterocycles. The molecule has 0 aromatic heterocycles. The zero-order valence-electron chi connectivity index (χ0n) is 10.8. The fourth-order valence-electron chi connectivity index (χ4n) is 1.76. The van der Waals surface area contributed by atoms with E-state index < -0.39 is 0 Å². The molecule has 0 aromatic rings. The topological polar surface area (TPSA) is 35.5 Å². The second-order valence-corrected chi connectivity index (χ2v) is 4.63. The molecule has 0 aliphatic heterocycles. The summed E-state index contributed by atoms with van der Waals surface area (Å²) in [6.45, 7) is 6.64. The SMILES string of the molecule is CCCNC(CC)(CO)CCCN(C)C. The van der Waals surface area contributed by atoms with Crippen LogP contribution in [-0.2, 0) is 0 Å². The molecular formula is C12H28N2O. The van der Waals surface area contributed by atoms with Gasteiger partial charge >= 0.3 is 0 Å². The highest BCUT2D eigenvalue weighted by Crippen LogP contribution is 2.17. The maximum absolute atomic E-state index is 9.49. The van der Waals surface area contributed by atoms with E-state index in [0.29, 0.717) is 0 Å². The minimum Gasteiger partial charge on any atom is -0.394 e. The van der Waals surface area contributed by atoms with Crippen LogP contribution in [0.3, 0.4) is 0 Å². The summed E-state index contributed by atoms with van der Waals surface area (Å²) >= 11 is 0. The van der Waals surface area contributed by atoms with Crippen LogP contribution in [0.15, 0.2) is 0 Å². The fraction of sp³-hybridized carbons (Fsp3) is 1.00. The number of nitrogens with one attached hydrogen (secondary N) is 1. The summed E-state index contributed by atoms with van der Waals surface area (Å²) in [4.78, 5) is 2.19. The summed E-state index contributed by atoms with van der Waals surface area (Å²) in [5.41, 5.74) is -0.0496. The van der Waals surface area contributed by atoms with Crippen LogP contribution in [0.5, 0.6) is 0 Å². The second kappa shape index (κ2) is 8.08. The largest absolute Gasteiger partial charge is 0.394 e. The molecule has 1 atom stereocenters. The van der Waals surface area contributed by atoms with Crippen molar-refractivity contribution in [1.82, 2.24) is 10.2 Å². The van der Waals surface area contributed by atoms with Crippen LogP contribution in [0.25, 0.3) is 0 Å². The van der Waals surface area contributed by atoms with Crippen LogP contribution < -0.4 is 5.32 Å². The molecule has 0 aromatic carbocycles. The summed E-state index contributed by atoms with van der Waals surface area (Å²) in [6.07, 6.45) is 4.31. The van der Waals surface area contributed by atoms with Gasteiger partial charge in [0.2, 0.25) is 0 Å². The second-order valence-electron chi connectivity index (χ2n) is 4.63. The molecule has 1 unspecified atom stereocenters. The highest BCUT2D eigenvalue weighted by atomic mass is 16.3. The Kier molecular flexibility index (Phi) is 8.02. The van der Waals surface area contributed by atoms with Crippen LogP contribution in [0.1, 0.15) is 39.5 Å². The van der Waals surface area contributed by atoms with Gasteiger partial charge in [-0.15, -0.1) is 0 Å². The summed E-state index contributed by atoms with van der Waals surface area (Å²) in [5.74, 6) is 0. The van der Waals surface area contributed by atoms with E-state index in [9.17, 15) is 5.11 Å². The van der Waals surface area contributed by atoms with Gasteiger partial charge in [0.25, 0.3) is 0 Å². The molecule has 3 heteroatoms. The van der Waals surface area contributed by atoms with Crippen molar-refractivity contribution in [1.29, 1.82) is 0 Å². The van der Waals surface area contributed by atoms with Gasteiger partial charge in [-0.05, 0) is 52.9 Å². The lowest BCUT2D eigenvalue weighted by Crippen LogP contribution is -2.48. The third-order valence-corrected chi connectivity index (χ3v) is 2.99. The molecule has 0 bridgehead atoms. The fourth-order valence-corrected chi connectivity index (χ4v) is 1.76. The predicted octanol–water partition coefficient (Wildman–Crippen LogP) is 1.47. The molecule has 15 heavy (non-hydrogen) atoms. The van der Waals surface area contributed by atoms with Gasteiger partial charge in [0.1, 0.15) is 0 Å². The summed E-state index contributed by atoms with van der Waals surface area (Å²) in [7, 11) is 4.18. The maximum atomic E-state index is 9.49. The van der Waals surface area contributed by atoms with Crippen LogP contribution in [0.2, 0.25) is 0 Å². The van der Waals surface area contributed by atoms with Gasteiger partial charge in [-0.25, -0.2) is 0 Å². The number of aliphatic hydroxyl groups is 1. The molecule has 3 nitrogen and oxygen atoms in total. The van der Waals surface area contributed by atoms with Crippen LogP contribution >= 0.6 is 0 Å². The molecule has 2 N–H and O–H groups in total. The normalized spacial score (nSPS) is 15.6. The third-order valence-electron chi connectivity index (χ3n) is 2.99. The Morgan fingerprint density at radius 3 is 2.33 bits per heavy atom. The first-order chi connectivity index (χ1) is 7.10. The molecule has 0 amide bonds. The highest BCUT2D eigenvalue weighted by Gasteiger charge is 2.25. The van der Waals surface area contributed by atoms with Crippen molar-refractivity contribution in [2.75, 3.05) is 33.8 Å². The van der Waals surface area contributed by atoms with E-state index in [1.807, 2.05) is 0 Å². The first-order valence-electron chi connectivity index (χ1n) is 6.11. The van der Waals surface area contributed by atoms with Crippen molar-refractivity contribution in [3.8, 4) is 0 Å². The van der Waals surface area contributed by atoms with Gasteiger partial charge in [0.15, 0.2) is 0 Å². The summed E-state index contributed by atoms with van der Waals surface area (Å²) in [5, 5.41) is 13.0. The van der Waals surface area contributed by atoms with E-state index in [0.717, 1.165) is 38.8 Å². The van der Waals surface area contributed by atoms with E-state index in [4.69, 9.17) is 0 Å². The monoisotopic (exact) mass is 216 g/mol. The van der Waals surface area contributed by atoms with Crippen molar-refractivity contribution in [3.63, 3.8) is 0 Å². The maximum Gasteiger partial charge on any atom is 0.0613 e. The Bertz CT molecular complexity index is 145. The van der Waals surface area contributed by atoms with E-state index in [-0.39, 0.29) is 12.1 Å². The van der Waals surface area contributed by atoms with E-state index in [2.05, 4.69) is 38.2 Å². The molecule has 0 radical (unpaired) electrons. The first kappa shape index (κ1) is 14.9. The summed E-state index contributed by atoms with van der Waals surface area (Å²) < 4.78 is 0. The van der Waals surface area contributed by atoms with Crippen molar-refractivity contribution in [3.05, 3.63) is 0 Å². The van der Waals surface area contributed by atoms with Gasteiger partial charge < -0.3 is 15.3 Å². The number of rotatable bonds is 9. The van der Waals surface area contributed by atoms with Gasteiger partial charge in [0.05, 0.1) is 6.61 Å². The highest BCUT2D eigenvalue weighted by molar-refractivity contribution is 4.85. The van der Waals surface area contributed by atoms with E-state index >= 15 is 0 Å². The lowest BCUT2D eigenvalue weighted by molar-refractivity contribution is 0.141. The van der Waals surface area contributed by atoms with Crippen molar-refractivity contribution in [2.45, 2.75) is 45.1 Å². The van der Waals surface area contributed by atoms with Crippen LogP contribution in [-0.4, -0.2) is 49.3 Å². The number of aliphatic hydroxyl groups excluding tert-OH is 1. The van der Waals surface area contributed by atoms with Crippen molar-refractivity contribution in [2.24, 2.45) is 0 Å². The van der Waals surface area contributed by atoms with Crippen LogP contribution in [0, 0.1) is 0 Å². The standard InChI is InChI=1S/C12H28N2O/c1-5-9-13-12(6-2,11-15)8-7-10-14(3)4/h13,15H,5-11H2,1-4H3. The van der Waals surface area contributed by atoms with Crippen molar-refractivity contribution < 1.29 is 5.11 Å². The molecule has 92 valence electrons. The molecule has 0 rings (SSSR count). The molecule has 0 saturated heterocycles. The number of nitrogens with zero attached hydrogens (tertiary/aromatic N) is 1. The Labute approximate surface area is 94.9 Å². The lowest BCUT2D eigenvalue weighted by Gasteiger charge is -2.32. The lowest BCUT2D eigenvalue weighted by atomic mass is 9.91. The zero-order chi connectivity index (χ0) is 11.7. The molecular weight excluding hydrogens is 188 g/mol. The molecule has 0 aliphatic carbocycles. The minimum absolute atomic E-state index is 0.0496. The molecule has 0 spiro atoms. The van der Waals surface area contributed by atoms with Gasteiger partial charge in [-0.2, -0.15) is 0 Å². The molecule has 0 aliphatic rings. The zero-order valence-corrected chi connectivity index (χ0v) is 10.8. The smallest absolute Gasteiger partial charge is 0.0613 e. The van der Waals surface area contributed by atoms with Gasteiger partial charge in [-0.3, -0.25) is 0 Å². The van der Waals surface area contributed by atoms with Gasteiger partial charge in [0, 0.05) is 5.54 Å². The Morgan fingerprint density at radius 2 is 1.93 bits per heavy atom. The quantitative estimate of drug-likeness (QED) is 0.612.